The lowest BCUT2D eigenvalue weighted by atomic mass is 10.1. The average molecular weight is 386 g/mol. The number of halogens is 3. The fourth-order valence-electron chi connectivity index (χ4n) is 2.81. The lowest BCUT2D eigenvalue weighted by Gasteiger charge is -2.13. The van der Waals surface area contributed by atoms with E-state index < -0.39 is 17.6 Å². The molecule has 0 aliphatic carbocycles. The first-order chi connectivity index (χ1) is 13.4. The van der Waals surface area contributed by atoms with Gasteiger partial charge in [-0.25, -0.2) is 0 Å². The molecule has 2 aromatic carbocycles. The first-order valence-electron chi connectivity index (χ1n) is 8.31. The Morgan fingerprint density at radius 1 is 1.00 bits per heavy atom. The van der Waals surface area contributed by atoms with Crippen LogP contribution in [0.2, 0.25) is 0 Å². The van der Waals surface area contributed by atoms with Crippen molar-refractivity contribution in [2.24, 2.45) is 0 Å². The molecule has 1 amide bonds. The number of hydrogen-bond donors (Lipinski definition) is 1. The fourth-order valence-corrected chi connectivity index (χ4v) is 2.81. The van der Waals surface area contributed by atoms with Crippen molar-refractivity contribution in [1.29, 1.82) is 0 Å². The van der Waals surface area contributed by atoms with E-state index in [0.29, 0.717) is 17.1 Å². The maximum Gasteiger partial charge on any atom is 0.418 e. The molecular formula is C20H13F3N2O3. The van der Waals surface area contributed by atoms with Crippen LogP contribution in [0.1, 0.15) is 11.3 Å². The molecular weight excluding hydrogens is 373 g/mol. The largest absolute Gasteiger partial charge is 0.453 e. The molecule has 0 spiro atoms. The van der Waals surface area contributed by atoms with Crippen molar-refractivity contribution in [2.75, 3.05) is 5.32 Å². The predicted molar refractivity (Wildman–Crippen MR) is 95.5 cm³/mol. The second-order valence-electron chi connectivity index (χ2n) is 6.10. The van der Waals surface area contributed by atoms with Gasteiger partial charge in [0.2, 0.25) is 11.7 Å². The number of aromatic nitrogens is 1. The summed E-state index contributed by atoms with van der Waals surface area (Å²) in [7, 11) is 0. The zero-order valence-corrected chi connectivity index (χ0v) is 14.3. The molecule has 2 heterocycles. The summed E-state index contributed by atoms with van der Waals surface area (Å²) in [6.45, 7) is 0. The molecule has 0 saturated heterocycles. The summed E-state index contributed by atoms with van der Waals surface area (Å²) >= 11 is 0. The molecule has 2 aromatic heterocycles. The number of nitrogens with zero attached hydrogens (tertiary/aromatic N) is 1. The average Bonchev–Trinajstić information content (AvgIpc) is 3.27. The van der Waals surface area contributed by atoms with E-state index in [9.17, 15) is 18.0 Å². The predicted octanol–water partition coefficient (Wildman–Crippen LogP) is 5.29. The Morgan fingerprint density at radius 3 is 2.54 bits per heavy atom. The molecule has 0 fully saturated rings. The summed E-state index contributed by atoms with van der Waals surface area (Å²) in [5, 5.41) is 6.96. The number of alkyl halides is 3. The van der Waals surface area contributed by atoms with Crippen LogP contribution < -0.4 is 5.32 Å². The number of carbonyl (C=O) groups excluding carboxylic acids is 1. The number of para-hydroxylation sites is 2. The van der Waals surface area contributed by atoms with Crippen LogP contribution in [-0.4, -0.2) is 11.1 Å². The highest BCUT2D eigenvalue weighted by atomic mass is 19.4. The first kappa shape index (κ1) is 17.8. The zero-order chi connectivity index (χ0) is 19.7. The molecule has 0 atom stereocenters. The van der Waals surface area contributed by atoms with E-state index in [1.807, 2.05) is 24.3 Å². The second kappa shape index (κ2) is 6.88. The first-order valence-corrected chi connectivity index (χ1v) is 8.31. The number of amides is 1. The van der Waals surface area contributed by atoms with Crippen molar-refractivity contribution < 1.29 is 26.9 Å². The number of benzene rings is 2. The van der Waals surface area contributed by atoms with Gasteiger partial charge in [-0.3, -0.25) is 4.79 Å². The summed E-state index contributed by atoms with van der Waals surface area (Å²) in [5.74, 6) is 0.138. The van der Waals surface area contributed by atoms with Crippen molar-refractivity contribution in [3.63, 3.8) is 0 Å². The van der Waals surface area contributed by atoms with Crippen LogP contribution in [0.4, 0.5) is 18.9 Å². The molecule has 0 unspecified atom stereocenters. The van der Waals surface area contributed by atoms with Crippen LogP contribution in [0.5, 0.6) is 0 Å². The van der Waals surface area contributed by atoms with Crippen LogP contribution in [-0.2, 0) is 17.4 Å². The number of hydrogen-bond acceptors (Lipinski definition) is 4. The van der Waals surface area contributed by atoms with Gasteiger partial charge in [0.15, 0.2) is 5.76 Å². The Kier molecular flexibility index (Phi) is 4.38. The summed E-state index contributed by atoms with van der Waals surface area (Å²) in [4.78, 5) is 12.2. The molecule has 28 heavy (non-hydrogen) atoms. The Labute approximate surface area is 156 Å². The van der Waals surface area contributed by atoms with Crippen molar-refractivity contribution in [3.8, 4) is 11.5 Å². The second-order valence-corrected chi connectivity index (χ2v) is 6.10. The maximum atomic E-state index is 13.0. The molecule has 0 aliphatic rings. The van der Waals surface area contributed by atoms with Gasteiger partial charge in [-0.15, -0.1) is 0 Å². The Morgan fingerprint density at radius 2 is 1.75 bits per heavy atom. The molecule has 0 aliphatic heterocycles. The van der Waals surface area contributed by atoms with E-state index in [0.717, 1.165) is 11.5 Å². The third-order valence-corrected chi connectivity index (χ3v) is 4.08. The van der Waals surface area contributed by atoms with Crippen molar-refractivity contribution in [1.82, 2.24) is 5.16 Å². The van der Waals surface area contributed by atoms with Gasteiger partial charge >= 0.3 is 6.18 Å². The monoisotopic (exact) mass is 386 g/mol. The summed E-state index contributed by atoms with van der Waals surface area (Å²) in [6.07, 6.45) is -4.80. The maximum absolute atomic E-state index is 13.0. The van der Waals surface area contributed by atoms with Gasteiger partial charge in [0.25, 0.3) is 0 Å². The molecule has 0 radical (unpaired) electrons. The number of carbonyl (C=O) groups is 1. The number of anilines is 1. The van der Waals surface area contributed by atoms with Gasteiger partial charge < -0.3 is 14.3 Å². The number of fused-ring (bicyclic) bond motifs is 1. The van der Waals surface area contributed by atoms with Gasteiger partial charge in [0, 0.05) is 11.5 Å². The van der Waals surface area contributed by atoms with Gasteiger partial charge in [0.1, 0.15) is 5.58 Å². The normalized spacial score (nSPS) is 11.7. The van der Waals surface area contributed by atoms with Gasteiger partial charge in [-0.1, -0.05) is 35.5 Å². The quantitative estimate of drug-likeness (QED) is 0.518. The van der Waals surface area contributed by atoms with Gasteiger partial charge in [-0.05, 0) is 24.3 Å². The lowest BCUT2D eigenvalue weighted by Crippen LogP contribution is -2.18. The van der Waals surface area contributed by atoms with Gasteiger partial charge in [-0.2, -0.15) is 13.2 Å². The number of nitrogens with one attached hydrogen (secondary N) is 1. The van der Waals surface area contributed by atoms with Crippen molar-refractivity contribution in [2.45, 2.75) is 12.6 Å². The molecule has 0 bridgehead atoms. The van der Waals surface area contributed by atoms with Gasteiger partial charge in [0.05, 0.1) is 23.4 Å². The third-order valence-electron chi connectivity index (χ3n) is 4.08. The van der Waals surface area contributed by atoms with Crippen LogP contribution in [0.15, 0.2) is 69.6 Å². The molecule has 4 aromatic rings. The van der Waals surface area contributed by atoms with E-state index in [2.05, 4.69) is 10.5 Å². The lowest BCUT2D eigenvalue weighted by molar-refractivity contribution is -0.137. The third kappa shape index (κ3) is 3.62. The topological polar surface area (TPSA) is 68.3 Å². The van der Waals surface area contributed by atoms with E-state index in [1.165, 1.54) is 24.3 Å². The van der Waals surface area contributed by atoms with E-state index >= 15 is 0 Å². The molecule has 1 N–H and O–H groups in total. The van der Waals surface area contributed by atoms with Crippen LogP contribution in [0.3, 0.4) is 0 Å². The van der Waals surface area contributed by atoms with Crippen molar-refractivity contribution in [3.05, 3.63) is 71.9 Å². The SMILES string of the molecule is O=C(Cc1cc(-c2cc3ccccc3o2)on1)Nc1ccccc1C(F)(F)F. The molecule has 8 heteroatoms. The highest BCUT2D eigenvalue weighted by molar-refractivity contribution is 5.93. The van der Waals surface area contributed by atoms with E-state index in [1.54, 1.807) is 6.07 Å². The Balaban J connectivity index is 1.49. The van der Waals surface area contributed by atoms with Crippen molar-refractivity contribution >= 4 is 22.6 Å². The molecule has 0 saturated carbocycles. The highest BCUT2D eigenvalue weighted by Gasteiger charge is 2.33. The standard InChI is InChI=1S/C20H13F3N2O3/c21-20(22,23)14-6-2-3-7-15(14)24-19(26)11-13-10-18(28-25-13)17-9-12-5-1-4-8-16(12)27-17/h1-10H,11H2,(H,24,26). The minimum atomic E-state index is -4.56. The Hall–Kier alpha value is -3.55. The van der Waals surface area contributed by atoms with Crippen LogP contribution >= 0.6 is 0 Å². The summed E-state index contributed by atoms with van der Waals surface area (Å²) in [6, 6.07) is 15.5. The van der Waals surface area contributed by atoms with Crippen LogP contribution in [0, 0.1) is 0 Å². The summed E-state index contributed by atoms with van der Waals surface area (Å²) < 4.78 is 49.9. The number of furan rings is 1. The highest BCUT2D eigenvalue weighted by Crippen LogP contribution is 2.34. The van der Waals surface area contributed by atoms with Crippen LogP contribution in [0.25, 0.3) is 22.5 Å². The van der Waals surface area contributed by atoms with E-state index in [4.69, 9.17) is 8.94 Å². The Bertz CT molecular complexity index is 1110. The smallest absolute Gasteiger partial charge is 0.418 e. The molecule has 142 valence electrons. The molecule has 5 nitrogen and oxygen atoms in total. The minimum Gasteiger partial charge on any atom is -0.453 e. The number of rotatable bonds is 4. The van der Waals surface area contributed by atoms with E-state index in [-0.39, 0.29) is 17.8 Å². The fraction of sp³-hybridized carbons (Fsp3) is 0.100. The zero-order valence-electron chi connectivity index (χ0n) is 14.3. The molecule has 4 rings (SSSR count). The summed E-state index contributed by atoms with van der Waals surface area (Å²) in [5.41, 5.74) is -0.262. The minimum absolute atomic E-state index is 0.240.